The zero-order chi connectivity index (χ0) is 20.3. The second-order valence-electron chi connectivity index (χ2n) is 8.26. The van der Waals surface area contributed by atoms with Crippen molar-refractivity contribution in [1.82, 2.24) is 0 Å². The third-order valence-corrected chi connectivity index (χ3v) is 6.27. The summed E-state index contributed by atoms with van der Waals surface area (Å²) in [6.07, 6.45) is 6.62. The van der Waals surface area contributed by atoms with E-state index < -0.39 is 0 Å². The molecule has 0 aliphatic heterocycles. The van der Waals surface area contributed by atoms with Crippen molar-refractivity contribution < 1.29 is 9.53 Å². The Morgan fingerprint density at radius 3 is 2.40 bits per heavy atom. The molecule has 0 radical (unpaired) electrons. The molecule has 3 aromatic rings. The third kappa shape index (κ3) is 3.70. The van der Waals surface area contributed by atoms with E-state index in [0.717, 1.165) is 48.1 Å². The highest BCUT2D eigenvalue weighted by molar-refractivity contribution is 6.15. The van der Waals surface area contributed by atoms with Gasteiger partial charge in [-0.1, -0.05) is 66.7 Å². The molecule has 2 aliphatic rings. The number of Topliss-reactive ketones (excluding diaryl/α,β-unsaturated/α-hetero) is 1. The molecular formula is C28H26O2. The number of aryl methyl sites for hydroxylation is 1. The number of ether oxygens (including phenoxy) is 1. The molecule has 1 saturated carbocycles. The van der Waals surface area contributed by atoms with Gasteiger partial charge in [0.2, 0.25) is 0 Å². The van der Waals surface area contributed by atoms with Crippen LogP contribution >= 0.6 is 0 Å². The molecule has 0 heterocycles. The molecule has 0 spiro atoms. The number of carbonyl (C=O) groups excluding carboxylic acids is 1. The van der Waals surface area contributed by atoms with Crippen molar-refractivity contribution in [2.45, 2.75) is 44.6 Å². The van der Waals surface area contributed by atoms with Gasteiger partial charge in [0.05, 0.1) is 6.10 Å². The monoisotopic (exact) mass is 394 g/mol. The topological polar surface area (TPSA) is 26.3 Å². The fourth-order valence-corrected chi connectivity index (χ4v) is 4.77. The SMILES string of the molecule is O=C(C1=C(c2ccccc2)c2ccccc2CC1)c1cccc(OC2CCCC2)c1. The summed E-state index contributed by atoms with van der Waals surface area (Å²) in [7, 11) is 0. The fourth-order valence-electron chi connectivity index (χ4n) is 4.77. The molecule has 0 amide bonds. The van der Waals surface area contributed by atoms with Crippen molar-refractivity contribution in [2.24, 2.45) is 0 Å². The van der Waals surface area contributed by atoms with Gasteiger partial charge in [0.15, 0.2) is 5.78 Å². The molecule has 2 nitrogen and oxygen atoms in total. The number of hydrogen-bond donors (Lipinski definition) is 0. The van der Waals surface area contributed by atoms with Crippen molar-refractivity contribution in [2.75, 3.05) is 0 Å². The molecule has 2 aliphatic carbocycles. The van der Waals surface area contributed by atoms with Crippen LogP contribution in [0.5, 0.6) is 5.75 Å². The molecule has 150 valence electrons. The number of ketones is 1. The molecule has 30 heavy (non-hydrogen) atoms. The number of rotatable bonds is 5. The Morgan fingerprint density at radius 2 is 1.57 bits per heavy atom. The molecule has 0 saturated heterocycles. The zero-order valence-corrected chi connectivity index (χ0v) is 17.1. The summed E-state index contributed by atoms with van der Waals surface area (Å²) in [5.41, 5.74) is 6.28. The first-order chi connectivity index (χ1) is 14.8. The molecule has 0 aromatic heterocycles. The van der Waals surface area contributed by atoms with E-state index in [1.807, 2.05) is 42.5 Å². The van der Waals surface area contributed by atoms with Crippen LogP contribution in [0.4, 0.5) is 0 Å². The van der Waals surface area contributed by atoms with E-state index in [1.54, 1.807) is 0 Å². The van der Waals surface area contributed by atoms with Gasteiger partial charge in [0.1, 0.15) is 5.75 Å². The van der Waals surface area contributed by atoms with E-state index in [9.17, 15) is 4.79 Å². The molecule has 0 atom stereocenters. The van der Waals surface area contributed by atoms with Gasteiger partial charge >= 0.3 is 0 Å². The number of hydrogen-bond acceptors (Lipinski definition) is 2. The van der Waals surface area contributed by atoms with E-state index in [2.05, 4.69) is 36.4 Å². The normalized spacial score (nSPS) is 16.4. The number of benzene rings is 3. The Labute approximate surface area is 178 Å². The fraction of sp³-hybridized carbons (Fsp3) is 0.250. The van der Waals surface area contributed by atoms with Gasteiger partial charge in [-0.3, -0.25) is 4.79 Å². The van der Waals surface area contributed by atoms with Crippen molar-refractivity contribution in [3.8, 4) is 5.75 Å². The second kappa shape index (κ2) is 8.31. The van der Waals surface area contributed by atoms with Gasteiger partial charge in [-0.2, -0.15) is 0 Å². The molecule has 5 rings (SSSR count). The van der Waals surface area contributed by atoms with Crippen molar-refractivity contribution in [3.63, 3.8) is 0 Å². The van der Waals surface area contributed by atoms with E-state index in [-0.39, 0.29) is 11.9 Å². The highest BCUT2D eigenvalue weighted by Crippen LogP contribution is 2.37. The summed E-state index contributed by atoms with van der Waals surface area (Å²) in [4.78, 5) is 13.7. The highest BCUT2D eigenvalue weighted by atomic mass is 16.5. The van der Waals surface area contributed by atoms with Crippen LogP contribution in [0, 0.1) is 0 Å². The average Bonchev–Trinajstić information content (AvgIpc) is 3.31. The summed E-state index contributed by atoms with van der Waals surface area (Å²) in [5, 5.41) is 0. The van der Waals surface area contributed by atoms with Gasteiger partial charge in [-0.25, -0.2) is 0 Å². The minimum Gasteiger partial charge on any atom is -0.490 e. The minimum absolute atomic E-state index is 0.111. The minimum atomic E-state index is 0.111. The van der Waals surface area contributed by atoms with Crippen LogP contribution < -0.4 is 4.74 Å². The van der Waals surface area contributed by atoms with Crippen LogP contribution in [0.15, 0.2) is 84.4 Å². The lowest BCUT2D eigenvalue weighted by Crippen LogP contribution is -2.14. The third-order valence-electron chi connectivity index (χ3n) is 6.27. The Morgan fingerprint density at radius 1 is 0.800 bits per heavy atom. The van der Waals surface area contributed by atoms with E-state index in [0.29, 0.717) is 5.56 Å². The maximum Gasteiger partial charge on any atom is 0.189 e. The smallest absolute Gasteiger partial charge is 0.189 e. The van der Waals surface area contributed by atoms with Crippen LogP contribution in [0.1, 0.15) is 59.2 Å². The second-order valence-corrected chi connectivity index (χ2v) is 8.26. The standard InChI is InChI=1S/C28H26O2/c29-28(22-12-8-15-24(19-22)30-23-13-5-6-14-23)26-18-17-20-9-4-7-16-25(20)27(26)21-10-2-1-3-11-21/h1-4,7-12,15-16,19,23H,5-6,13-14,17-18H2. The van der Waals surface area contributed by atoms with E-state index >= 15 is 0 Å². The van der Waals surface area contributed by atoms with Gasteiger partial charge in [0.25, 0.3) is 0 Å². The highest BCUT2D eigenvalue weighted by Gasteiger charge is 2.25. The maximum absolute atomic E-state index is 13.7. The van der Waals surface area contributed by atoms with Gasteiger partial charge < -0.3 is 4.74 Å². The predicted octanol–water partition coefficient (Wildman–Crippen LogP) is 6.64. The largest absolute Gasteiger partial charge is 0.490 e. The van der Waals surface area contributed by atoms with Crippen LogP contribution in [-0.4, -0.2) is 11.9 Å². The van der Waals surface area contributed by atoms with Gasteiger partial charge in [-0.05, 0) is 72.9 Å². The Bertz CT molecular complexity index is 1090. The van der Waals surface area contributed by atoms with Crippen molar-refractivity contribution >= 4 is 11.4 Å². The molecule has 0 bridgehead atoms. The lowest BCUT2D eigenvalue weighted by molar-refractivity contribution is 0.103. The van der Waals surface area contributed by atoms with Crippen LogP contribution in [0.3, 0.4) is 0 Å². The molecule has 3 aromatic carbocycles. The predicted molar refractivity (Wildman–Crippen MR) is 121 cm³/mol. The number of carbonyl (C=O) groups is 1. The molecule has 0 unspecified atom stereocenters. The first kappa shape index (κ1) is 18.9. The lowest BCUT2D eigenvalue weighted by atomic mass is 9.80. The summed E-state index contributed by atoms with van der Waals surface area (Å²) >= 11 is 0. The number of fused-ring (bicyclic) bond motifs is 1. The van der Waals surface area contributed by atoms with Crippen molar-refractivity contribution in [3.05, 3.63) is 107 Å². The maximum atomic E-state index is 13.7. The molecular weight excluding hydrogens is 368 g/mol. The van der Waals surface area contributed by atoms with Crippen LogP contribution in [0.2, 0.25) is 0 Å². The van der Waals surface area contributed by atoms with Gasteiger partial charge in [-0.15, -0.1) is 0 Å². The van der Waals surface area contributed by atoms with Crippen molar-refractivity contribution in [1.29, 1.82) is 0 Å². The van der Waals surface area contributed by atoms with Crippen LogP contribution in [0.25, 0.3) is 5.57 Å². The summed E-state index contributed by atoms with van der Waals surface area (Å²) in [6, 6.07) is 26.5. The average molecular weight is 395 g/mol. The Hall–Kier alpha value is -3.13. The lowest BCUT2D eigenvalue weighted by Gasteiger charge is -2.23. The molecule has 0 N–H and O–H groups in total. The Balaban J connectivity index is 1.55. The zero-order valence-electron chi connectivity index (χ0n) is 17.1. The van der Waals surface area contributed by atoms with E-state index in [1.165, 1.54) is 24.0 Å². The van der Waals surface area contributed by atoms with E-state index in [4.69, 9.17) is 4.74 Å². The van der Waals surface area contributed by atoms with Crippen LogP contribution in [-0.2, 0) is 6.42 Å². The van der Waals surface area contributed by atoms with Gasteiger partial charge in [0, 0.05) is 11.1 Å². The molecule has 2 heteroatoms. The number of allylic oxidation sites excluding steroid dienone is 1. The first-order valence-corrected chi connectivity index (χ1v) is 11.0. The summed E-state index contributed by atoms with van der Waals surface area (Å²) < 4.78 is 6.15. The summed E-state index contributed by atoms with van der Waals surface area (Å²) in [5.74, 6) is 0.922. The summed E-state index contributed by atoms with van der Waals surface area (Å²) in [6.45, 7) is 0. The first-order valence-electron chi connectivity index (χ1n) is 11.0. The quantitative estimate of drug-likeness (QED) is 0.454. The Kier molecular flexibility index (Phi) is 5.23. The molecule has 1 fully saturated rings.